The quantitative estimate of drug-likeness (QED) is 0.285. The molecular formula is C24H19N3O3S. The second-order valence-electron chi connectivity index (χ2n) is 6.95. The van der Waals surface area contributed by atoms with Gasteiger partial charge in [-0.15, -0.1) is 0 Å². The highest BCUT2D eigenvalue weighted by atomic mass is 32.2. The number of aliphatic imine (C=N–C) groups is 1. The number of nitro groups is 1. The van der Waals surface area contributed by atoms with Crippen LogP contribution in [0.4, 0.5) is 11.4 Å². The number of para-hydroxylation sites is 1. The van der Waals surface area contributed by atoms with Gasteiger partial charge in [0.2, 0.25) is 0 Å². The summed E-state index contributed by atoms with van der Waals surface area (Å²) in [7, 11) is 0. The van der Waals surface area contributed by atoms with Crippen LogP contribution in [-0.2, 0) is 4.79 Å². The predicted molar refractivity (Wildman–Crippen MR) is 124 cm³/mol. The Balaban J connectivity index is 1.71. The number of hydrogen-bond donors (Lipinski definition) is 0. The lowest BCUT2D eigenvalue weighted by Crippen LogP contribution is -2.32. The number of rotatable bonds is 5. The van der Waals surface area contributed by atoms with Gasteiger partial charge < -0.3 is 0 Å². The van der Waals surface area contributed by atoms with Crippen LogP contribution in [0.3, 0.4) is 0 Å². The Bertz CT molecular complexity index is 1160. The van der Waals surface area contributed by atoms with E-state index in [4.69, 9.17) is 4.99 Å². The molecule has 31 heavy (non-hydrogen) atoms. The fourth-order valence-electron chi connectivity index (χ4n) is 3.24. The minimum absolute atomic E-state index is 0.0122. The molecule has 0 radical (unpaired) electrons. The van der Waals surface area contributed by atoms with E-state index in [2.05, 4.69) is 0 Å². The molecule has 3 aromatic rings. The molecule has 154 valence electrons. The molecule has 7 heteroatoms. The molecule has 1 saturated heterocycles. The molecule has 1 aliphatic rings. The van der Waals surface area contributed by atoms with Crippen molar-refractivity contribution in [1.82, 2.24) is 4.90 Å². The number of carbonyl (C=O) groups is 1. The molecule has 1 heterocycles. The Morgan fingerprint density at radius 2 is 1.58 bits per heavy atom. The number of carbonyl (C=O) groups excluding carboxylic acids is 1. The Morgan fingerprint density at radius 1 is 0.968 bits per heavy atom. The predicted octanol–water partition coefficient (Wildman–Crippen LogP) is 5.96. The number of hydrogen-bond acceptors (Lipinski definition) is 5. The molecule has 6 nitrogen and oxygen atoms in total. The first-order chi connectivity index (χ1) is 15.0. The second-order valence-corrected chi connectivity index (χ2v) is 7.96. The van der Waals surface area contributed by atoms with Gasteiger partial charge in [0.15, 0.2) is 5.17 Å². The van der Waals surface area contributed by atoms with Gasteiger partial charge in [-0.05, 0) is 60.2 Å². The van der Waals surface area contributed by atoms with E-state index in [0.29, 0.717) is 10.1 Å². The van der Waals surface area contributed by atoms with Crippen molar-refractivity contribution in [2.45, 2.75) is 13.0 Å². The SMILES string of the molecule is C[C@@H](c1ccccc1)N1C(=O)/C(=C\c2ccc([N+](=O)[O-])cc2)SC1=Nc1ccccc1. The minimum Gasteiger partial charge on any atom is -0.279 e. The average Bonchev–Trinajstić information content (AvgIpc) is 3.09. The number of nitrogens with zero attached hydrogens (tertiary/aromatic N) is 3. The lowest BCUT2D eigenvalue weighted by Gasteiger charge is -2.24. The third kappa shape index (κ3) is 4.57. The van der Waals surface area contributed by atoms with Crippen molar-refractivity contribution in [2.75, 3.05) is 0 Å². The van der Waals surface area contributed by atoms with E-state index < -0.39 is 4.92 Å². The third-order valence-electron chi connectivity index (χ3n) is 4.89. The molecule has 0 N–H and O–H groups in total. The first kappa shape index (κ1) is 20.6. The molecule has 1 aliphatic heterocycles. The van der Waals surface area contributed by atoms with Crippen molar-refractivity contribution in [1.29, 1.82) is 0 Å². The molecule has 0 unspecified atom stereocenters. The first-order valence-electron chi connectivity index (χ1n) is 9.69. The number of nitro benzene ring substituents is 1. The smallest absolute Gasteiger partial charge is 0.269 e. The highest BCUT2D eigenvalue weighted by molar-refractivity contribution is 8.18. The topological polar surface area (TPSA) is 75.8 Å². The molecule has 3 aromatic carbocycles. The molecule has 0 aromatic heterocycles. The van der Waals surface area contributed by atoms with Gasteiger partial charge in [0.25, 0.3) is 11.6 Å². The van der Waals surface area contributed by atoms with E-state index in [1.807, 2.05) is 67.6 Å². The lowest BCUT2D eigenvalue weighted by molar-refractivity contribution is -0.384. The van der Waals surface area contributed by atoms with Crippen LogP contribution in [0.15, 0.2) is 94.8 Å². The van der Waals surface area contributed by atoms with Gasteiger partial charge >= 0.3 is 0 Å². The maximum Gasteiger partial charge on any atom is 0.269 e. The van der Waals surface area contributed by atoms with Crippen LogP contribution in [0.5, 0.6) is 0 Å². The molecular weight excluding hydrogens is 410 g/mol. The van der Waals surface area contributed by atoms with Crippen molar-refractivity contribution in [3.8, 4) is 0 Å². The number of thioether (sulfide) groups is 1. The maximum absolute atomic E-state index is 13.3. The first-order valence-corrected chi connectivity index (χ1v) is 10.5. The van der Waals surface area contributed by atoms with Crippen molar-refractivity contribution < 1.29 is 9.72 Å². The van der Waals surface area contributed by atoms with Crippen LogP contribution >= 0.6 is 11.8 Å². The molecule has 0 spiro atoms. The monoisotopic (exact) mass is 429 g/mol. The fraction of sp³-hybridized carbons (Fsp3) is 0.0833. The van der Waals surface area contributed by atoms with Crippen molar-refractivity contribution in [3.05, 3.63) is 111 Å². The molecule has 1 amide bonds. The van der Waals surface area contributed by atoms with Gasteiger partial charge in [0.05, 0.1) is 21.6 Å². The third-order valence-corrected chi connectivity index (χ3v) is 5.87. The standard InChI is InChI=1S/C24H19N3O3S/c1-17(19-8-4-2-5-9-19)26-23(28)22(16-18-12-14-21(15-13-18)27(29)30)31-24(26)25-20-10-6-3-7-11-20/h2-17H,1H3/b22-16+,25-24?/t17-/m0/s1. The van der Waals surface area contributed by atoms with Crippen molar-refractivity contribution >= 4 is 40.3 Å². The number of amidine groups is 1. The molecule has 1 fully saturated rings. The summed E-state index contributed by atoms with van der Waals surface area (Å²) >= 11 is 1.30. The largest absolute Gasteiger partial charge is 0.279 e. The number of benzene rings is 3. The van der Waals surface area contributed by atoms with Crippen molar-refractivity contribution in [2.24, 2.45) is 4.99 Å². The van der Waals surface area contributed by atoms with E-state index in [0.717, 1.165) is 16.8 Å². The van der Waals surface area contributed by atoms with Gasteiger partial charge in [-0.1, -0.05) is 48.5 Å². The summed E-state index contributed by atoms with van der Waals surface area (Å²) < 4.78 is 0. The highest BCUT2D eigenvalue weighted by Gasteiger charge is 2.37. The Hall–Kier alpha value is -3.71. The summed E-state index contributed by atoms with van der Waals surface area (Å²) in [5.41, 5.74) is 2.50. The van der Waals surface area contributed by atoms with Crippen LogP contribution in [0, 0.1) is 10.1 Å². The van der Waals surface area contributed by atoms with E-state index >= 15 is 0 Å². The van der Waals surface area contributed by atoms with Gasteiger partial charge in [-0.3, -0.25) is 19.8 Å². The normalized spacial score (nSPS) is 17.3. The van der Waals surface area contributed by atoms with Crippen LogP contribution in [0.2, 0.25) is 0 Å². The highest BCUT2D eigenvalue weighted by Crippen LogP contribution is 2.39. The zero-order valence-corrected chi connectivity index (χ0v) is 17.5. The van der Waals surface area contributed by atoms with Crippen LogP contribution in [0.1, 0.15) is 24.1 Å². The van der Waals surface area contributed by atoms with Gasteiger partial charge in [0, 0.05) is 12.1 Å². The van der Waals surface area contributed by atoms with Crippen LogP contribution in [0.25, 0.3) is 6.08 Å². The summed E-state index contributed by atoms with van der Waals surface area (Å²) in [4.78, 5) is 30.7. The Labute approximate surface area is 184 Å². The molecule has 0 saturated carbocycles. The molecule has 0 bridgehead atoms. The Morgan fingerprint density at radius 3 is 2.19 bits per heavy atom. The van der Waals surface area contributed by atoms with Gasteiger partial charge in [0.1, 0.15) is 0 Å². The number of amides is 1. The summed E-state index contributed by atoms with van der Waals surface area (Å²) in [6.07, 6.45) is 1.74. The minimum atomic E-state index is -0.444. The average molecular weight is 430 g/mol. The van der Waals surface area contributed by atoms with Crippen LogP contribution in [-0.4, -0.2) is 20.9 Å². The summed E-state index contributed by atoms with van der Waals surface area (Å²) in [5, 5.41) is 11.5. The summed E-state index contributed by atoms with van der Waals surface area (Å²) in [6, 6.07) is 25.2. The van der Waals surface area contributed by atoms with E-state index in [1.54, 1.807) is 23.1 Å². The van der Waals surface area contributed by atoms with E-state index in [-0.39, 0.29) is 17.6 Å². The molecule has 4 rings (SSSR count). The van der Waals surface area contributed by atoms with Gasteiger partial charge in [-0.25, -0.2) is 4.99 Å². The zero-order chi connectivity index (χ0) is 21.8. The van der Waals surface area contributed by atoms with Crippen molar-refractivity contribution in [3.63, 3.8) is 0 Å². The Kier molecular flexibility index (Phi) is 5.95. The summed E-state index contributed by atoms with van der Waals surface area (Å²) in [6.45, 7) is 1.98. The molecule has 1 atom stereocenters. The number of non-ortho nitro benzene ring substituents is 1. The van der Waals surface area contributed by atoms with E-state index in [1.165, 1.54) is 23.9 Å². The fourth-order valence-corrected chi connectivity index (χ4v) is 4.31. The lowest BCUT2D eigenvalue weighted by atomic mass is 10.1. The molecule has 0 aliphatic carbocycles. The summed E-state index contributed by atoms with van der Waals surface area (Å²) in [5.74, 6) is -0.144. The van der Waals surface area contributed by atoms with E-state index in [9.17, 15) is 14.9 Å². The van der Waals surface area contributed by atoms with Gasteiger partial charge in [-0.2, -0.15) is 0 Å². The second kappa shape index (κ2) is 8.97. The van der Waals surface area contributed by atoms with Crippen LogP contribution < -0.4 is 0 Å². The maximum atomic E-state index is 13.3. The zero-order valence-electron chi connectivity index (χ0n) is 16.7.